The van der Waals surface area contributed by atoms with E-state index in [9.17, 15) is 4.79 Å². The summed E-state index contributed by atoms with van der Waals surface area (Å²) < 4.78 is 0. The van der Waals surface area contributed by atoms with Crippen molar-refractivity contribution >= 4 is 11.9 Å². The number of hydrogen-bond donors (Lipinski definition) is 2. The predicted octanol–water partition coefficient (Wildman–Crippen LogP) is 1.15. The summed E-state index contributed by atoms with van der Waals surface area (Å²) in [7, 11) is 3.47. The molecule has 0 aliphatic carbocycles. The van der Waals surface area contributed by atoms with Gasteiger partial charge in [-0.2, -0.15) is 0 Å². The summed E-state index contributed by atoms with van der Waals surface area (Å²) in [6, 6.07) is 10.6. The topological polar surface area (TPSA) is 60.0 Å². The first-order valence-electron chi connectivity index (χ1n) is 8.90. The lowest BCUT2D eigenvalue weighted by Crippen LogP contribution is -2.54. The van der Waals surface area contributed by atoms with E-state index in [-0.39, 0.29) is 5.91 Å². The molecule has 0 bridgehead atoms. The molecule has 25 heavy (non-hydrogen) atoms. The highest BCUT2D eigenvalue weighted by Gasteiger charge is 2.28. The van der Waals surface area contributed by atoms with Crippen LogP contribution in [0.25, 0.3) is 0 Å². The first-order valence-corrected chi connectivity index (χ1v) is 8.90. The molecule has 1 aliphatic heterocycles. The Morgan fingerprint density at radius 1 is 1.16 bits per heavy atom. The van der Waals surface area contributed by atoms with E-state index >= 15 is 0 Å². The molecule has 0 spiro atoms. The number of carbonyl (C=O) groups excluding carboxylic acids is 1. The number of guanidine groups is 1. The quantitative estimate of drug-likeness (QED) is 0.621. The Labute approximate surface area is 151 Å². The molecular formula is C19H31N5O. The third-order valence-electron chi connectivity index (χ3n) is 4.66. The normalized spacial score (nSPS) is 16.6. The van der Waals surface area contributed by atoms with Gasteiger partial charge in [-0.3, -0.25) is 14.7 Å². The molecule has 6 nitrogen and oxygen atoms in total. The molecule has 2 rings (SSSR count). The van der Waals surface area contributed by atoms with Crippen molar-refractivity contribution in [1.82, 2.24) is 20.4 Å². The zero-order valence-electron chi connectivity index (χ0n) is 15.9. The van der Waals surface area contributed by atoms with Gasteiger partial charge in [0.2, 0.25) is 5.91 Å². The lowest BCUT2D eigenvalue weighted by Gasteiger charge is -2.37. The standard InChI is InChI=1S/C19H31N5O/c1-19(2,17(25)20-3)15-22-18(21-4)24-12-10-23(11-13-24)14-16-8-6-5-7-9-16/h5-9H,10-15H2,1-4H3,(H,20,25)(H,21,22). The lowest BCUT2D eigenvalue weighted by molar-refractivity contribution is -0.128. The lowest BCUT2D eigenvalue weighted by atomic mass is 9.92. The van der Waals surface area contributed by atoms with Crippen LogP contribution in [0.3, 0.4) is 0 Å². The van der Waals surface area contributed by atoms with Gasteiger partial charge >= 0.3 is 0 Å². The Hall–Kier alpha value is -2.08. The molecule has 0 saturated carbocycles. The Morgan fingerprint density at radius 3 is 2.36 bits per heavy atom. The molecule has 1 amide bonds. The van der Waals surface area contributed by atoms with E-state index in [1.807, 2.05) is 13.8 Å². The highest BCUT2D eigenvalue weighted by atomic mass is 16.2. The second-order valence-corrected chi connectivity index (χ2v) is 7.11. The van der Waals surface area contributed by atoms with Crippen molar-refractivity contribution in [1.29, 1.82) is 0 Å². The van der Waals surface area contributed by atoms with E-state index in [1.165, 1.54) is 5.56 Å². The third kappa shape index (κ3) is 5.46. The number of aliphatic imine (C=N–C) groups is 1. The maximum atomic E-state index is 11.9. The van der Waals surface area contributed by atoms with Gasteiger partial charge in [-0.15, -0.1) is 0 Å². The molecule has 1 aromatic rings. The number of nitrogens with zero attached hydrogens (tertiary/aromatic N) is 3. The van der Waals surface area contributed by atoms with Crippen LogP contribution in [0.4, 0.5) is 0 Å². The maximum absolute atomic E-state index is 11.9. The number of hydrogen-bond acceptors (Lipinski definition) is 3. The smallest absolute Gasteiger partial charge is 0.227 e. The molecule has 1 fully saturated rings. The number of piperazine rings is 1. The van der Waals surface area contributed by atoms with E-state index in [4.69, 9.17) is 0 Å². The molecule has 0 radical (unpaired) electrons. The second-order valence-electron chi connectivity index (χ2n) is 7.11. The molecule has 0 aromatic heterocycles. The first kappa shape index (κ1) is 19.2. The van der Waals surface area contributed by atoms with Crippen LogP contribution in [0, 0.1) is 5.41 Å². The number of carbonyl (C=O) groups is 1. The van der Waals surface area contributed by atoms with Gasteiger partial charge in [-0.1, -0.05) is 30.3 Å². The van der Waals surface area contributed by atoms with Gasteiger partial charge in [0.1, 0.15) is 0 Å². The van der Waals surface area contributed by atoms with Crippen LogP contribution in [0.5, 0.6) is 0 Å². The Balaban J connectivity index is 1.82. The molecule has 0 atom stereocenters. The van der Waals surface area contributed by atoms with Crippen molar-refractivity contribution in [2.24, 2.45) is 10.4 Å². The van der Waals surface area contributed by atoms with Crippen LogP contribution < -0.4 is 10.6 Å². The van der Waals surface area contributed by atoms with Gasteiger partial charge in [0.15, 0.2) is 5.96 Å². The molecule has 1 saturated heterocycles. The Kier molecular flexibility index (Phi) is 6.82. The van der Waals surface area contributed by atoms with Crippen molar-refractivity contribution in [2.75, 3.05) is 46.8 Å². The molecule has 6 heteroatoms. The second kappa shape index (κ2) is 8.85. The van der Waals surface area contributed by atoms with Crippen molar-refractivity contribution < 1.29 is 4.79 Å². The van der Waals surface area contributed by atoms with Crippen LogP contribution in [0.1, 0.15) is 19.4 Å². The van der Waals surface area contributed by atoms with Gasteiger partial charge in [-0.05, 0) is 19.4 Å². The summed E-state index contributed by atoms with van der Waals surface area (Å²) in [5.74, 6) is 0.902. The highest BCUT2D eigenvalue weighted by molar-refractivity contribution is 5.84. The average Bonchev–Trinajstić information content (AvgIpc) is 2.63. The Bertz CT molecular complexity index is 577. The van der Waals surface area contributed by atoms with E-state index in [0.29, 0.717) is 6.54 Å². The van der Waals surface area contributed by atoms with Gasteiger partial charge in [0, 0.05) is 53.4 Å². The third-order valence-corrected chi connectivity index (χ3v) is 4.66. The fourth-order valence-electron chi connectivity index (χ4n) is 3.01. The van der Waals surface area contributed by atoms with Gasteiger partial charge in [0.05, 0.1) is 5.41 Å². The number of benzene rings is 1. The largest absolute Gasteiger partial charge is 0.359 e. The van der Waals surface area contributed by atoms with Crippen LogP contribution in [-0.4, -0.2) is 68.5 Å². The Morgan fingerprint density at radius 2 is 1.80 bits per heavy atom. The van der Waals surface area contributed by atoms with Crippen LogP contribution >= 0.6 is 0 Å². The van der Waals surface area contributed by atoms with Gasteiger partial charge < -0.3 is 15.5 Å². The number of amides is 1. The molecule has 1 aliphatic rings. The maximum Gasteiger partial charge on any atom is 0.227 e. The van der Waals surface area contributed by atoms with Crippen molar-refractivity contribution in [2.45, 2.75) is 20.4 Å². The summed E-state index contributed by atoms with van der Waals surface area (Å²) in [5, 5.41) is 6.07. The molecule has 138 valence electrons. The highest BCUT2D eigenvalue weighted by Crippen LogP contribution is 2.14. The summed E-state index contributed by atoms with van der Waals surface area (Å²) in [5.41, 5.74) is 0.880. The van der Waals surface area contributed by atoms with E-state index in [1.54, 1.807) is 14.1 Å². The van der Waals surface area contributed by atoms with E-state index in [0.717, 1.165) is 38.7 Å². The summed E-state index contributed by atoms with van der Waals surface area (Å²) in [6.45, 7) is 9.31. The number of rotatable bonds is 5. The predicted molar refractivity (Wildman–Crippen MR) is 103 cm³/mol. The summed E-state index contributed by atoms with van der Waals surface area (Å²) in [4.78, 5) is 21.0. The molecule has 0 unspecified atom stereocenters. The fourth-order valence-corrected chi connectivity index (χ4v) is 3.01. The van der Waals surface area contributed by atoms with Gasteiger partial charge in [-0.25, -0.2) is 0 Å². The molecule has 1 aromatic carbocycles. The monoisotopic (exact) mass is 345 g/mol. The van der Waals surface area contributed by atoms with Gasteiger partial charge in [0.25, 0.3) is 0 Å². The van der Waals surface area contributed by atoms with Crippen molar-refractivity contribution in [3.63, 3.8) is 0 Å². The summed E-state index contributed by atoms with van der Waals surface area (Å²) in [6.07, 6.45) is 0. The van der Waals surface area contributed by atoms with E-state index in [2.05, 4.69) is 55.8 Å². The fraction of sp³-hybridized carbons (Fsp3) is 0.579. The minimum Gasteiger partial charge on any atom is -0.359 e. The minimum absolute atomic E-state index is 0.0307. The summed E-state index contributed by atoms with van der Waals surface area (Å²) >= 11 is 0. The average molecular weight is 345 g/mol. The molecule has 1 heterocycles. The van der Waals surface area contributed by atoms with Crippen molar-refractivity contribution in [3.05, 3.63) is 35.9 Å². The minimum atomic E-state index is -0.472. The molecular weight excluding hydrogens is 314 g/mol. The van der Waals surface area contributed by atoms with Crippen LogP contribution in [-0.2, 0) is 11.3 Å². The number of nitrogens with one attached hydrogen (secondary N) is 2. The van der Waals surface area contributed by atoms with Crippen LogP contribution in [0.2, 0.25) is 0 Å². The molecule has 2 N–H and O–H groups in total. The van der Waals surface area contributed by atoms with Crippen molar-refractivity contribution in [3.8, 4) is 0 Å². The zero-order valence-corrected chi connectivity index (χ0v) is 15.9. The van der Waals surface area contributed by atoms with E-state index < -0.39 is 5.41 Å². The SMILES string of the molecule is CN=C(NCC(C)(C)C(=O)NC)N1CCN(Cc2ccccc2)CC1. The first-order chi connectivity index (χ1) is 12.0. The van der Waals surface area contributed by atoms with Crippen LogP contribution in [0.15, 0.2) is 35.3 Å². The zero-order chi connectivity index (χ0) is 18.3.